The van der Waals surface area contributed by atoms with Gasteiger partial charge in [-0.15, -0.1) is 0 Å². The molecule has 0 spiro atoms. The zero-order chi connectivity index (χ0) is 28.1. The van der Waals surface area contributed by atoms with Crippen LogP contribution in [0.4, 0.5) is 0 Å². The van der Waals surface area contributed by atoms with E-state index in [1.807, 2.05) is 103 Å². The molecule has 0 atom stereocenters. The van der Waals surface area contributed by atoms with Crippen molar-refractivity contribution in [1.29, 1.82) is 0 Å². The smallest absolute Gasteiger partial charge is 0.100 e. The van der Waals surface area contributed by atoms with Gasteiger partial charge in [-0.1, -0.05) is 30.3 Å². The predicted molar refractivity (Wildman–Crippen MR) is 164 cm³/mol. The Labute approximate surface area is 242 Å². The summed E-state index contributed by atoms with van der Waals surface area (Å²) < 4.78 is 0. The fourth-order valence-corrected chi connectivity index (χ4v) is 5.05. The van der Waals surface area contributed by atoms with Crippen LogP contribution in [0.25, 0.3) is 67.8 Å². The minimum absolute atomic E-state index is 0.649. The number of pyridine rings is 7. The molecular formula is C35H23N7. The summed E-state index contributed by atoms with van der Waals surface area (Å²) in [5.74, 6) is 0. The quantitative estimate of drug-likeness (QED) is 0.216. The first-order valence-corrected chi connectivity index (χ1v) is 13.5. The van der Waals surface area contributed by atoms with Gasteiger partial charge >= 0.3 is 0 Å². The van der Waals surface area contributed by atoms with Crippen LogP contribution < -0.4 is 0 Å². The lowest BCUT2D eigenvalue weighted by atomic mass is 9.88. The summed E-state index contributed by atoms with van der Waals surface area (Å²) in [6.45, 7) is 0. The van der Waals surface area contributed by atoms with Crippen LogP contribution >= 0.6 is 0 Å². The van der Waals surface area contributed by atoms with E-state index in [1.165, 1.54) is 0 Å². The maximum Gasteiger partial charge on any atom is 0.100 e. The van der Waals surface area contributed by atoms with Gasteiger partial charge in [0.15, 0.2) is 0 Å². The minimum atomic E-state index is 0.649. The van der Waals surface area contributed by atoms with Crippen LogP contribution in [-0.4, -0.2) is 34.9 Å². The van der Waals surface area contributed by atoms with Crippen molar-refractivity contribution in [1.82, 2.24) is 34.9 Å². The Balaban J connectivity index is 1.69. The predicted octanol–water partition coefficient (Wildman–Crippen LogP) is 7.45. The molecule has 0 unspecified atom stereocenters. The Hall–Kier alpha value is -5.95. The minimum Gasteiger partial charge on any atom is -0.256 e. The molecule has 7 nitrogen and oxygen atoms in total. The Kier molecular flexibility index (Phi) is 6.72. The fraction of sp³-hybridized carbons (Fsp3) is 0. The van der Waals surface area contributed by atoms with E-state index in [-0.39, 0.29) is 0 Å². The molecule has 0 aromatic carbocycles. The molecule has 7 rings (SSSR count). The molecule has 7 aromatic heterocycles. The van der Waals surface area contributed by atoms with Crippen molar-refractivity contribution < 1.29 is 0 Å². The standard InChI is InChI=1S/C35H23N7/c1-6-18-36-25(13-1)24-12-11-23-41-33(24)35-32(28-16-4-9-21-39-28)30(26-14-2-7-19-37-26)31(27-15-3-8-20-38-27)34(42-35)29-17-5-10-22-40-29/h1-23H. The number of hydrogen-bond donors (Lipinski definition) is 0. The summed E-state index contributed by atoms with van der Waals surface area (Å²) in [6, 6.07) is 33.2. The average Bonchev–Trinajstić information content (AvgIpc) is 3.09. The number of rotatable bonds is 6. The third-order valence-electron chi connectivity index (χ3n) is 6.84. The molecule has 0 saturated heterocycles. The third kappa shape index (κ3) is 4.69. The second-order valence-corrected chi connectivity index (χ2v) is 9.41. The zero-order valence-electron chi connectivity index (χ0n) is 22.4. The second kappa shape index (κ2) is 11.3. The molecule has 198 valence electrons. The van der Waals surface area contributed by atoms with Crippen LogP contribution in [0.3, 0.4) is 0 Å². The van der Waals surface area contributed by atoms with E-state index in [1.54, 1.807) is 37.2 Å². The molecule has 0 fully saturated rings. The Morgan fingerprint density at radius 1 is 0.286 bits per heavy atom. The Bertz CT molecular complexity index is 1950. The molecule has 0 bridgehead atoms. The highest BCUT2D eigenvalue weighted by Crippen LogP contribution is 2.47. The van der Waals surface area contributed by atoms with Gasteiger partial charge in [0, 0.05) is 59.4 Å². The topological polar surface area (TPSA) is 90.2 Å². The molecule has 0 aliphatic rings. The van der Waals surface area contributed by atoms with Gasteiger partial charge in [0.2, 0.25) is 0 Å². The maximum absolute atomic E-state index is 5.38. The number of nitrogens with zero attached hydrogens (tertiary/aromatic N) is 7. The van der Waals surface area contributed by atoms with Gasteiger partial charge < -0.3 is 0 Å². The first-order valence-electron chi connectivity index (χ1n) is 13.5. The molecule has 42 heavy (non-hydrogen) atoms. The van der Waals surface area contributed by atoms with Crippen molar-refractivity contribution in [3.05, 3.63) is 140 Å². The lowest BCUT2D eigenvalue weighted by molar-refractivity contribution is 1.19. The highest BCUT2D eigenvalue weighted by molar-refractivity contribution is 6.03. The first kappa shape index (κ1) is 25.0. The molecule has 0 aliphatic heterocycles. The fourth-order valence-electron chi connectivity index (χ4n) is 5.05. The van der Waals surface area contributed by atoms with Crippen LogP contribution in [0.1, 0.15) is 0 Å². The van der Waals surface area contributed by atoms with Crippen molar-refractivity contribution in [2.24, 2.45) is 0 Å². The summed E-state index contributed by atoms with van der Waals surface area (Å²) in [5.41, 5.74) is 9.05. The summed E-state index contributed by atoms with van der Waals surface area (Å²) in [5, 5.41) is 0. The molecule has 0 saturated carbocycles. The van der Waals surface area contributed by atoms with Gasteiger partial charge in [-0.05, 0) is 72.8 Å². The zero-order valence-corrected chi connectivity index (χ0v) is 22.4. The van der Waals surface area contributed by atoms with E-state index >= 15 is 0 Å². The summed E-state index contributed by atoms with van der Waals surface area (Å²) >= 11 is 0. The molecule has 0 N–H and O–H groups in total. The van der Waals surface area contributed by atoms with Crippen molar-refractivity contribution in [3.8, 4) is 67.8 Å². The second-order valence-electron chi connectivity index (χ2n) is 9.41. The molecule has 0 radical (unpaired) electrons. The third-order valence-corrected chi connectivity index (χ3v) is 6.84. The summed E-state index contributed by atoms with van der Waals surface area (Å²) in [7, 11) is 0. The highest BCUT2D eigenvalue weighted by atomic mass is 14.9. The molecule has 0 aliphatic carbocycles. The van der Waals surface area contributed by atoms with Gasteiger partial charge in [0.25, 0.3) is 0 Å². The highest BCUT2D eigenvalue weighted by Gasteiger charge is 2.28. The van der Waals surface area contributed by atoms with Gasteiger partial charge in [0.05, 0.1) is 39.9 Å². The normalized spacial score (nSPS) is 10.9. The van der Waals surface area contributed by atoms with Crippen molar-refractivity contribution in [3.63, 3.8) is 0 Å². The summed E-state index contributed by atoms with van der Waals surface area (Å²) in [4.78, 5) is 34.1. The Morgan fingerprint density at radius 2 is 0.714 bits per heavy atom. The molecule has 7 aromatic rings. The van der Waals surface area contributed by atoms with E-state index in [9.17, 15) is 0 Å². The van der Waals surface area contributed by atoms with Gasteiger partial charge in [-0.25, -0.2) is 4.98 Å². The van der Waals surface area contributed by atoms with E-state index < -0.39 is 0 Å². The van der Waals surface area contributed by atoms with Crippen LogP contribution in [0.15, 0.2) is 140 Å². The number of aromatic nitrogens is 7. The van der Waals surface area contributed by atoms with E-state index in [0.29, 0.717) is 22.8 Å². The monoisotopic (exact) mass is 541 g/mol. The molecule has 7 heterocycles. The average molecular weight is 542 g/mol. The molecule has 0 amide bonds. The molecular weight excluding hydrogens is 518 g/mol. The summed E-state index contributed by atoms with van der Waals surface area (Å²) in [6.07, 6.45) is 10.7. The van der Waals surface area contributed by atoms with Crippen molar-refractivity contribution in [2.45, 2.75) is 0 Å². The van der Waals surface area contributed by atoms with Crippen molar-refractivity contribution >= 4 is 0 Å². The maximum atomic E-state index is 5.38. The largest absolute Gasteiger partial charge is 0.256 e. The van der Waals surface area contributed by atoms with Crippen LogP contribution in [0.5, 0.6) is 0 Å². The number of hydrogen-bond acceptors (Lipinski definition) is 7. The lowest BCUT2D eigenvalue weighted by Crippen LogP contribution is -2.05. The lowest BCUT2D eigenvalue weighted by Gasteiger charge is -2.21. The van der Waals surface area contributed by atoms with Gasteiger partial charge in [-0.3, -0.25) is 29.9 Å². The van der Waals surface area contributed by atoms with E-state index in [0.717, 1.165) is 45.0 Å². The van der Waals surface area contributed by atoms with E-state index in [2.05, 4.69) is 4.98 Å². The Morgan fingerprint density at radius 3 is 1.21 bits per heavy atom. The van der Waals surface area contributed by atoms with E-state index in [4.69, 9.17) is 29.9 Å². The molecule has 7 heteroatoms. The van der Waals surface area contributed by atoms with Gasteiger partial charge in [-0.2, -0.15) is 0 Å². The SMILES string of the molecule is c1ccc(-c2cccnc2-c2nc(-c3ccccn3)c(-c3ccccn3)c(-c3ccccn3)c2-c2ccccn2)nc1. The first-order chi connectivity index (χ1) is 20.9. The van der Waals surface area contributed by atoms with Gasteiger partial charge in [0.1, 0.15) is 5.69 Å². The van der Waals surface area contributed by atoms with Crippen LogP contribution in [0, 0.1) is 0 Å². The van der Waals surface area contributed by atoms with Crippen LogP contribution in [0.2, 0.25) is 0 Å². The van der Waals surface area contributed by atoms with Crippen LogP contribution in [-0.2, 0) is 0 Å². The van der Waals surface area contributed by atoms with Crippen molar-refractivity contribution in [2.75, 3.05) is 0 Å².